The highest BCUT2D eigenvalue weighted by atomic mass is 19.1. The van der Waals surface area contributed by atoms with E-state index in [1.54, 1.807) is 12.1 Å². The highest BCUT2D eigenvalue weighted by Gasteiger charge is 2.57. The minimum Gasteiger partial charge on any atom is -0.330 e. The maximum absolute atomic E-state index is 13.0. The van der Waals surface area contributed by atoms with Crippen molar-refractivity contribution in [2.24, 2.45) is 17.1 Å². The zero-order valence-corrected chi connectivity index (χ0v) is 9.55. The molecule has 0 aliphatic heterocycles. The Labute approximate surface area is 90.5 Å². The Morgan fingerprint density at radius 1 is 1.40 bits per heavy atom. The third-order valence-corrected chi connectivity index (χ3v) is 3.87. The van der Waals surface area contributed by atoms with Crippen LogP contribution >= 0.6 is 0 Å². The van der Waals surface area contributed by atoms with Crippen LogP contribution in [0.2, 0.25) is 0 Å². The van der Waals surface area contributed by atoms with Crippen LogP contribution in [-0.4, -0.2) is 6.54 Å². The lowest BCUT2D eigenvalue weighted by molar-refractivity contribution is 0.558. The Morgan fingerprint density at radius 3 is 2.53 bits per heavy atom. The highest BCUT2D eigenvalue weighted by molar-refractivity contribution is 5.38. The third kappa shape index (κ3) is 1.57. The van der Waals surface area contributed by atoms with E-state index in [9.17, 15) is 4.39 Å². The predicted molar refractivity (Wildman–Crippen MR) is 60.2 cm³/mol. The highest BCUT2D eigenvalue weighted by Crippen LogP contribution is 2.64. The van der Waals surface area contributed by atoms with Crippen molar-refractivity contribution in [3.05, 3.63) is 35.1 Å². The number of hydrogen-bond acceptors (Lipinski definition) is 1. The van der Waals surface area contributed by atoms with E-state index < -0.39 is 0 Å². The average Bonchev–Trinajstić information content (AvgIpc) is 2.68. The van der Waals surface area contributed by atoms with Gasteiger partial charge in [-0.15, -0.1) is 0 Å². The van der Waals surface area contributed by atoms with Gasteiger partial charge < -0.3 is 5.73 Å². The third-order valence-electron chi connectivity index (χ3n) is 3.87. The Morgan fingerprint density at radius 2 is 2.07 bits per heavy atom. The summed E-state index contributed by atoms with van der Waals surface area (Å²) in [5.41, 5.74) is 8.32. The van der Waals surface area contributed by atoms with Gasteiger partial charge in [0.15, 0.2) is 0 Å². The van der Waals surface area contributed by atoms with Crippen LogP contribution in [0.5, 0.6) is 0 Å². The molecule has 82 valence electrons. The van der Waals surface area contributed by atoms with E-state index in [0.717, 1.165) is 5.56 Å². The molecule has 1 nitrogen and oxygen atoms in total. The summed E-state index contributed by atoms with van der Waals surface area (Å²) in [5.74, 6) is 0.892. The standard InChI is InChI=1S/C13H18FN/c1-8-6-9(14)4-5-10(8)12-11(7-15)13(12,2)3/h4-6,11-12H,7,15H2,1-3H3. The Hall–Kier alpha value is -0.890. The molecule has 0 spiro atoms. The van der Waals surface area contributed by atoms with Crippen molar-refractivity contribution in [1.29, 1.82) is 0 Å². The van der Waals surface area contributed by atoms with Crippen molar-refractivity contribution in [2.75, 3.05) is 6.54 Å². The van der Waals surface area contributed by atoms with Gasteiger partial charge in [-0.05, 0) is 54.0 Å². The minimum atomic E-state index is -0.154. The van der Waals surface area contributed by atoms with Crippen LogP contribution in [-0.2, 0) is 0 Å². The van der Waals surface area contributed by atoms with Gasteiger partial charge in [0, 0.05) is 0 Å². The molecular formula is C13H18FN. The lowest BCUT2D eigenvalue weighted by Crippen LogP contribution is -2.05. The normalized spacial score (nSPS) is 27.8. The molecular weight excluding hydrogens is 189 g/mol. The molecule has 2 N–H and O–H groups in total. The fourth-order valence-corrected chi connectivity index (χ4v) is 2.79. The number of benzene rings is 1. The Balaban J connectivity index is 2.33. The van der Waals surface area contributed by atoms with Gasteiger partial charge in [-0.1, -0.05) is 19.9 Å². The first-order valence-electron chi connectivity index (χ1n) is 5.44. The first-order valence-corrected chi connectivity index (χ1v) is 5.44. The van der Waals surface area contributed by atoms with Crippen molar-refractivity contribution >= 4 is 0 Å². The molecule has 1 aromatic rings. The fraction of sp³-hybridized carbons (Fsp3) is 0.538. The van der Waals surface area contributed by atoms with E-state index in [-0.39, 0.29) is 11.2 Å². The van der Waals surface area contributed by atoms with E-state index >= 15 is 0 Å². The van der Waals surface area contributed by atoms with E-state index in [4.69, 9.17) is 5.73 Å². The van der Waals surface area contributed by atoms with Gasteiger partial charge in [-0.3, -0.25) is 0 Å². The molecule has 1 saturated carbocycles. The van der Waals surface area contributed by atoms with E-state index in [1.165, 1.54) is 5.56 Å². The molecule has 1 fully saturated rings. The number of aryl methyl sites for hydroxylation is 1. The van der Waals surface area contributed by atoms with Crippen molar-refractivity contribution < 1.29 is 4.39 Å². The van der Waals surface area contributed by atoms with Crippen LogP contribution in [0.3, 0.4) is 0 Å². The second-order valence-electron chi connectivity index (χ2n) is 5.14. The molecule has 2 rings (SSSR count). The molecule has 0 aromatic heterocycles. The van der Waals surface area contributed by atoms with E-state index in [0.29, 0.717) is 18.4 Å². The molecule has 0 amide bonds. The summed E-state index contributed by atoms with van der Waals surface area (Å²) in [5, 5.41) is 0. The summed E-state index contributed by atoms with van der Waals surface area (Å²) in [6, 6.07) is 5.06. The zero-order chi connectivity index (χ0) is 11.2. The lowest BCUT2D eigenvalue weighted by Gasteiger charge is -2.07. The van der Waals surface area contributed by atoms with E-state index in [2.05, 4.69) is 13.8 Å². The average molecular weight is 207 g/mol. The van der Waals surface area contributed by atoms with Crippen molar-refractivity contribution in [3.8, 4) is 0 Å². The van der Waals surface area contributed by atoms with Gasteiger partial charge in [0.1, 0.15) is 5.82 Å². The van der Waals surface area contributed by atoms with Crippen LogP contribution in [0.25, 0.3) is 0 Å². The van der Waals surface area contributed by atoms with Crippen LogP contribution in [0.15, 0.2) is 18.2 Å². The number of hydrogen-bond donors (Lipinski definition) is 1. The molecule has 0 saturated heterocycles. The molecule has 15 heavy (non-hydrogen) atoms. The van der Waals surface area contributed by atoms with Gasteiger partial charge in [-0.25, -0.2) is 4.39 Å². The van der Waals surface area contributed by atoms with Gasteiger partial charge in [0.2, 0.25) is 0 Å². The van der Waals surface area contributed by atoms with Crippen molar-refractivity contribution in [2.45, 2.75) is 26.7 Å². The molecule has 1 aliphatic rings. The monoisotopic (exact) mass is 207 g/mol. The fourth-order valence-electron chi connectivity index (χ4n) is 2.79. The van der Waals surface area contributed by atoms with Crippen molar-refractivity contribution in [3.63, 3.8) is 0 Å². The largest absolute Gasteiger partial charge is 0.330 e. The maximum atomic E-state index is 13.0. The van der Waals surface area contributed by atoms with Gasteiger partial charge in [0.05, 0.1) is 0 Å². The molecule has 1 aliphatic carbocycles. The van der Waals surface area contributed by atoms with Crippen LogP contribution < -0.4 is 5.73 Å². The van der Waals surface area contributed by atoms with Gasteiger partial charge in [-0.2, -0.15) is 0 Å². The summed E-state index contributed by atoms with van der Waals surface area (Å²) < 4.78 is 13.0. The topological polar surface area (TPSA) is 26.0 Å². The summed E-state index contributed by atoms with van der Waals surface area (Å²) in [7, 11) is 0. The van der Waals surface area contributed by atoms with Gasteiger partial charge >= 0.3 is 0 Å². The first kappa shape index (κ1) is 10.6. The first-order chi connectivity index (χ1) is 6.98. The summed E-state index contributed by atoms with van der Waals surface area (Å²) in [6.07, 6.45) is 0. The van der Waals surface area contributed by atoms with Gasteiger partial charge in [0.25, 0.3) is 0 Å². The summed E-state index contributed by atoms with van der Waals surface area (Å²) in [4.78, 5) is 0. The molecule has 2 heteroatoms. The van der Waals surface area contributed by atoms with E-state index in [1.807, 2.05) is 13.0 Å². The number of nitrogens with two attached hydrogens (primary N) is 1. The molecule has 1 aromatic carbocycles. The number of rotatable bonds is 2. The van der Waals surface area contributed by atoms with Crippen LogP contribution in [0.4, 0.5) is 4.39 Å². The summed E-state index contributed by atoms with van der Waals surface area (Å²) in [6.45, 7) is 7.16. The number of halogens is 1. The lowest BCUT2D eigenvalue weighted by atomic mass is 9.99. The zero-order valence-electron chi connectivity index (χ0n) is 9.55. The Kier molecular flexibility index (Phi) is 2.34. The smallest absolute Gasteiger partial charge is 0.123 e. The molecule has 0 radical (unpaired) electrons. The molecule has 0 bridgehead atoms. The quantitative estimate of drug-likeness (QED) is 0.793. The minimum absolute atomic E-state index is 0.154. The Bertz CT molecular complexity index is 384. The SMILES string of the molecule is Cc1cc(F)ccc1C1C(CN)C1(C)C. The second kappa shape index (κ2) is 3.31. The summed E-state index contributed by atoms with van der Waals surface area (Å²) >= 11 is 0. The molecule has 0 heterocycles. The maximum Gasteiger partial charge on any atom is 0.123 e. The second-order valence-corrected chi connectivity index (χ2v) is 5.14. The van der Waals surface area contributed by atoms with Crippen LogP contribution in [0.1, 0.15) is 30.9 Å². The van der Waals surface area contributed by atoms with Crippen LogP contribution in [0, 0.1) is 24.1 Å². The van der Waals surface area contributed by atoms with Crippen molar-refractivity contribution in [1.82, 2.24) is 0 Å². The molecule has 2 unspecified atom stereocenters. The predicted octanol–water partition coefficient (Wildman–Crippen LogP) is 2.83. The molecule has 2 atom stereocenters.